The van der Waals surface area contributed by atoms with Crippen molar-refractivity contribution in [2.75, 3.05) is 26.7 Å². The predicted octanol–water partition coefficient (Wildman–Crippen LogP) is 2.33. The minimum Gasteiger partial charge on any atom is -0.356 e. The molecule has 1 atom stereocenters. The Labute approximate surface area is 111 Å². The lowest BCUT2D eigenvalue weighted by molar-refractivity contribution is -0.126. The summed E-state index contributed by atoms with van der Waals surface area (Å²) in [5, 5.41) is 3.11. The number of hydrogen-bond donors (Lipinski definition) is 1. The topological polar surface area (TPSA) is 32.3 Å². The highest BCUT2D eigenvalue weighted by molar-refractivity contribution is 5.78. The number of nitrogens with zero attached hydrogens (tertiary/aromatic N) is 1. The predicted molar refractivity (Wildman–Crippen MR) is 74.4 cm³/mol. The van der Waals surface area contributed by atoms with Crippen LogP contribution in [0.3, 0.4) is 0 Å². The molecule has 18 heavy (non-hydrogen) atoms. The quantitative estimate of drug-likeness (QED) is 0.777. The van der Waals surface area contributed by atoms with Gasteiger partial charge in [0.15, 0.2) is 0 Å². The zero-order chi connectivity index (χ0) is 12.8. The molecule has 0 saturated carbocycles. The van der Waals surface area contributed by atoms with Gasteiger partial charge in [-0.2, -0.15) is 0 Å². The molecule has 1 aliphatic heterocycles. The summed E-state index contributed by atoms with van der Waals surface area (Å²) < 4.78 is 0. The summed E-state index contributed by atoms with van der Waals surface area (Å²) in [6.07, 6.45) is 10.8. The molecule has 1 heterocycles. The average Bonchev–Trinajstić information content (AvgIpc) is 2.40. The van der Waals surface area contributed by atoms with Crippen molar-refractivity contribution in [3.8, 4) is 0 Å². The second-order valence-corrected chi connectivity index (χ2v) is 5.75. The van der Waals surface area contributed by atoms with Crippen molar-refractivity contribution in [1.29, 1.82) is 0 Å². The second kappa shape index (κ2) is 6.93. The van der Waals surface area contributed by atoms with E-state index in [1.807, 2.05) is 0 Å². The maximum absolute atomic E-state index is 12.0. The molecular formula is C15H26N2O. The molecule has 2 aliphatic rings. The monoisotopic (exact) mass is 250 g/mol. The Balaban J connectivity index is 1.66. The third kappa shape index (κ3) is 4.13. The van der Waals surface area contributed by atoms with Crippen molar-refractivity contribution in [1.82, 2.24) is 10.2 Å². The van der Waals surface area contributed by atoms with Gasteiger partial charge < -0.3 is 10.2 Å². The van der Waals surface area contributed by atoms with Gasteiger partial charge in [-0.05, 0) is 58.5 Å². The molecule has 102 valence electrons. The van der Waals surface area contributed by atoms with Gasteiger partial charge >= 0.3 is 0 Å². The number of piperidine rings is 1. The number of amides is 1. The first-order valence-electron chi connectivity index (χ1n) is 7.40. The van der Waals surface area contributed by atoms with Gasteiger partial charge in [-0.1, -0.05) is 11.6 Å². The summed E-state index contributed by atoms with van der Waals surface area (Å²) in [5.74, 6) is 0.474. The van der Waals surface area contributed by atoms with Crippen LogP contribution in [0.5, 0.6) is 0 Å². The van der Waals surface area contributed by atoms with E-state index in [1.165, 1.54) is 25.7 Å². The zero-order valence-electron chi connectivity index (χ0n) is 11.6. The molecule has 0 aromatic rings. The van der Waals surface area contributed by atoms with E-state index in [4.69, 9.17) is 0 Å². The molecule has 3 nitrogen and oxygen atoms in total. The van der Waals surface area contributed by atoms with E-state index < -0.39 is 0 Å². The van der Waals surface area contributed by atoms with E-state index in [-0.39, 0.29) is 11.8 Å². The molecule has 0 aromatic heterocycles. The van der Waals surface area contributed by atoms with Crippen molar-refractivity contribution >= 4 is 5.91 Å². The number of carbonyl (C=O) groups is 1. The van der Waals surface area contributed by atoms with E-state index in [0.717, 1.165) is 38.9 Å². The van der Waals surface area contributed by atoms with Crippen LogP contribution in [0.1, 0.15) is 44.9 Å². The summed E-state index contributed by atoms with van der Waals surface area (Å²) in [6, 6.07) is 0. The van der Waals surface area contributed by atoms with Crippen LogP contribution in [0.4, 0.5) is 0 Å². The van der Waals surface area contributed by atoms with Gasteiger partial charge in [-0.15, -0.1) is 0 Å². The van der Waals surface area contributed by atoms with Gasteiger partial charge in [0.25, 0.3) is 0 Å². The van der Waals surface area contributed by atoms with Crippen LogP contribution in [0, 0.1) is 5.92 Å². The van der Waals surface area contributed by atoms with Crippen molar-refractivity contribution < 1.29 is 4.79 Å². The summed E-state index contributed by atoms with van der Waals surface area (Å²) >= 11 is 0. The van der Waals surface area contributed by atoms with Gasteiger partial charge in [0.2, 0.25) is 5.91 Å². The van der Waals surface area contributed by atoms with Crippen LogP contribution in [-0.4, -0.2) is 37.5 Å². The lowest BCUT2D eigenvalue weighted by Gasteiger charge is -2.28. The van der Waals surface area contributed by atoms with E-state index in [9.17, 15) is 4.79 Å². The molecule has 1 amide bonds. The lowest BCUT2D eigenvalue weighted by atomic mass is 9.96. The van der Waals surface area contributed by atoms with E-state index in [2.05, 4.69) is 23.3 Å². The number of nitrogens with one attached hydrogen (secondary N) is 1. The normalized spacial score (nSPS) is 25.6. The van der Waals surface area contributed by atoms with Gasteiger partial charge in [0.1, 0.15) is 0 Å². The average molecular weight is 250 g/mol. The van der Waals surface area contributed by atoms with Gasteiger partial charge in [-0.3, -0.25) is 4.79 Å². The van der Waals surface area contributed by atoms with Gasteiger partial charge in [-0.25, -0.2) is 0 Å². The maximum Gasteiger partial charge on any atom is 0.224 e. The number of likely N-dealkylation sites (tertiary alicyclic amines) is 1. The molecule has 0 spiro atoms. The number of hydrogen-bond acceptors (Lipinski definition) is 2. The third-order valence-corrected chi connectivity index (χ3v) is 4.13. The van der Waals surface area contributed by atoms with E-state index in [0.29, 0.717) is 0 Å². The molecule has 1 fully saturated rings. The van der Waals surface area contributed by atoms with Crippen LogP contribution >= 0.6 is 0 Å². The first-order chi connectivity index (χ1) is 8.75. The van der Waals surface area contributed by atoms with E-state index >= 15 is 0 Å². The highest BCUT2D eigenvalue weighted by atomic mass is 16.1. The SMILES string of the molecule is CN1CCC[C@@H](C(=O)NCCC2=CCCCC2)C1. The third-order valence-electron chi connectivity index (χ3n) is 4.13. The maximum atomic E-state index is 12.0. The van der Waals surface area contributed by atoms with Crippen molar-refractivity contribution in [3.05, 3.63) is 11.6 Å². The number of rotatable bonds is 4. The summed E-state index contributed by atoms with van der Waals surface area (Å²) in [4.78, 5) is 14.3. The number of carbonyl (C=O) groups excluding carboxylic acids is 1. The Morgan fingerprint density at radius 3 is 3.06 bits per heavy atom. The Morgan fingerprint density at radius 1 is 1.44 bits per heavy atom. The van der Waals surface area contributed by atoms with Gasteiger partial charge in [0.05, 0.1) is 5.92 Å². The fraction of sp³-hybridized carbons (Fsp3) is 0.800. The fourth-order valence-corrected chi connectivity index (χ4v) is 3.00. The highest BCUT2D eigenvalue weighted by Gasteiger charge is 2.23. The molecular weight excluding hydrogens is 224 g/mol. The lowest BCUT2D eigenvalue weighted by Crippen LogP contribution is -2.41. The largest absolute Gasteiger partial charge is 0.356 e. The summed E-state index contributed by atoms with van der Waals surface area (Å²) in [6.45, 7) is 2.88. The second-order valence-electron chi connectivity index (χ2n) is 5.75. The Hall–Kier alpha value is -0.830. The molecule has 0 unspecified atom stereocenters. The van der Waals surface area contributed by atoms with Crippen LogP contribution in [-0.2, 0) is 4.79 Å². The zero-order valence-corrected chi connectivity index (χ0v) is 11.6. The van der Waals surface area contributed by atoms with Crippen molar-refractivity contribution in [2.45, 2.75) is 44.9 Å². The molecule has 3 heteroatoms. The van der Waals surface area contributed by atoms with Crippen molar-refractivity contribution in [2.24, 2.45) is 5.92 Å². The van der Waals surface area contributed by atoms with E-state index in [1.54, 1.807) is 5.57 Å². The number of allylic oxidation sites excluding steroid dienone is 1. The van der Waals surface area contributed by atoms with Crippen LogP contribution in [0.2, 0.25) is 0 Å². The highest BCUT2D eigenvalue weighted by Crippen LogP contribution is 2.19. The summed E-state index contributed by atoms with van der Waals surface area (Å²) in [5.41, 5.74) is 1.54. The first kappa shape index (κ1) is 13.6. The molecule has 2 rings (SSSR count). The molecule has 1 N–H and O–H groups in total. The van der Waals surface area contributed by atoms with Gasteiger partial charge in [0, 0.05) is 13.1 Å². The Bertz CT molecular complexity index is 312. The minimum atomic E-state index is 0.212. The fourth-order valence-electron chi connectivity index (χ4n) is 3.00. The van der Waals surface area contributed by atoms with Crippen LogP contribution in [0.25, 0.3) is 0 Å². The molecule has 0 bridgehead atoms. The molecule has 1 saturated heterocycles. The van der Waals surface area contributed by atoms with Crippen LogP contribution in [0.15, 0.2) is 11.6 Å². The Kier molecular flexibility index (Phi) is 5.24. The molecule has 1 aliphatic carbocycles. The summed E-state index contributed by atoms with van der Waals surface area (Å²) in [7, 11) is 2.10. The molecule has 0 radical (unpaired) electrons. The van der Waals surface area contributed by atoms with Crippen molar-refractivity contribution in [3.63, 3.8) is 0 Å². The molecule has 0 aromatic carbocycles. The Morgan fingerprint density at radius 2 is 2.33 bits per heavy atom. The minimum absolute atomic E-state index is 0.212. The standard InChI is InChI=1S/C15H26N2O/c1-17-11-5-8-14(12-17)15(18)16-10-9-13-6-3-2-4-7-13/h6,14H,2-5,7-12H2,1H3,(H,16,18)/t14-/m1/s1. The smallest absolute Gasteiger partial charge is 0.224 e. The first-order valence-corrected chi connectivity index (χ1v) is 7.40. The van der Waals surface area contributed by atoms with Crippen LogP contribution < -0.4 is 5.32 Å².